The zero-order chi connectivity index (χ0) is 16.7. The Hall–Kier alpha value is -2.40. The number of nitrogens with zero attached hydrogens (tertiary/aromatic N) is 2. The topological polar surface area (TPSA) is 57.3 Å². The van der Waals surface area contributed by atoms with E-state index >= 15 is 0 Å². The van der Waals surface area contributed by atoms with Crippen molar-refractivity contribution in [3.63, 3.8) is 0 Å². The van der Waals surface area contributed by atoms with Crippen LogP contribution in [0.15, 0.2) is 42.6 Å². The molecule has 2 rings (SSSR count). The summed E-state index contributed by atoms with van der Waals surface area (Å²) >= 11 is 0. The highest BCUT2D eigenvalue weighted by molar-refractivity contribution is 5.94. The maximum Gasteiger partial charge on any atom is 0.252 e. The minimum atomic E-state index is -0.0931. The van der Waals surface area contributed by atoms with E-state index in [-0.39, 0.29) is 5.91 Å². The summed E-state index contributed by atoms with van der Waals surface area (Å²) in [7, 11) is 3.95. The van der Waals surface area contributed by atoms with Crippen LogP contribution in [-0.4, -0.2) is 43.0 Å². The standard InChI is InChI=1S/C18H24N4O/c1-14-4-6-15(7-5-14)12-20-17-9-8-16(13-21-17)18(23)19-10-11-22(2)3/h4-9,13H,10-12H2,1-3H3,(H,19,23)(H,20,21). The van der Waals surface area contributed by atoms with E-state index in [1.807, 2.05) is 25.1 Å². The summed E-state index contributed by atoms with van der Waals surface area (Å²) in [5, 5.41) is 6.13. The quantitative estimate of drug-likeness (QED) is 0.823. The van der Waals surface area contributed by atoms with E-state index in [2.05, 4.69) is 46.8 Å². The molecule has 2 N–H and O–H groups in total. The number of aryl methyl sites for hydroxylation is 1. The second kappa shape index (κ2) is 8.29. The maximum atomic E-state index is 12.0. The monoisotopic (exact) mass is 312 g/mol. The van der Waals surface area contributed by atoms with Gasteiger partial charge < -0.3 is 15.5 Å². The third-order valence-corrected chi connectivity index (χ3v) is 3.46. The van der Waals surface area contributed by atoms with E-state index < -0.39 is 0 Å². The smallest absolute Gasteiger partial charge is 0.252 e. The molecule has 0 saturated carbocycles. The van der Waals surface area contributed by atoms with Crippen LogP contribution in [0.2, 0.25) is 0 Å². The van der Waals surface area contributed by atoms with Crippen LogP contribution in [0.5, 0.6) is 0 Å². The molecule has 0 fully saturated rings. The molecular formula is C18H24N4O. The number of likely N-dealkylation sites (N-methyl/N-ethyl adjacent to an activating group) is 1. The van der Waals surface area contributed by atoms with E-state index in [1.54, 1.807) is 12.3 Å². The second-order valence-corrected chi connectivity index (χ2v) is 5.83. The minimum Gasteiger partial charge on any atom is -0.366 e. The van der Waals surface area contributed by atoms with Crippen molar-refractivity contribution in [3.8, 4) is 0 Å². The van der Waals surface area contributed by atoms with E-state index in [0.717, 1.165) is 12.4 Å². The first kappa shape index (κ1) is 17.0. The highest BCUT2D eigenvalue weighted by atomic mass is 16.1. The molecule has 1 heterocycles. The lowest BCUT2D eigenvalue weighted by atomic mass is 10.1. The van der Waals surface area contributed by atoms with Crippen molar-refractivity contribution in [1.29, 1.82) is 0 Å². The molecule has 1 aromatic carbocycles. The average molecular weight is 312 g/mol. The summed E-state index contributed by atoms with van der Waals surface area (Å²) in [4.78, 5) is 18.3. The van der Waals surface area contributed by atoms with Gasteiger partial charge in [-0.1, -0.05) is 29.8 Å². The van der Waals surface area contributed by atoms with Crippen molar-refractivity contribution < 1.29 is 4.79 Å². The molecule has 0 aliphatic heterocycles. The van der Waals surface area contributed by atoms with Gasteiger partial charge in [0, 0.05) is 25.8 Å². The molecular weight excluding hydrogens is 288 g/mol. The zero-order valence-corrected chi connectivity index (χ0v) is 14.0. The van der Waals surface area contributed by atoms with Crippen LogP contribution in [0.3, 0.4) is 0 Å². The lowest BCUT2D eigenvalue weighted by Gasteiger charge is -2.10. The molecule has 1 aromatic heterocycles. The minimum absolute atomic E-state index is 0.0931. The van der Waals surface area contributed by atoms with Crippen molar-refractivity contribution in [1.82, 2.24) is 15.2 Å². The number of carbonyl (C=O) groups excluding carboxylic acids is 1. The molecule has 0 aliphatic rings. The van der Waals surface area contributed by atoms with Crippen LogP contribution >= 0.6 is 0 Å². The Morgan fingerprint density at radius 3 is 2.48 bits per heavy atom. The van der Waals surface area contributed by atoms with Crippen LogP contribution < -0.4 is 10.6 Å². The predicted molar refractivity (Wildman–Crippen MR) is 93.6 cm³/mol. The summed E-state index contributed by atoms with van der Waals surface area (Å²) in [6.07, 6.45) is 1.60. The number of rotatable bonds is 7. The molecule has 122 valence electrons. The number of anilines is 1. The van der Waals surface area contributed by atoms with Crippen molar-refractivity contribution in [2.45, 2.75) is 13.5 Å². The molecule has 1 amide bonds. The summed E-state index contributed by atoms with van der Waals surface area (Å²) < 4.78 is 0. The SMILES string of the molecule is Cc1ccc(CNc2ccc(C(=O)NCCN(C)C)cn2)cc1. The van der Waals surface area contributed by atoms with Gasteiger partial charge in [-0.15, -0.1) is 0 Å². The molecule has 0 aliphatic carbocycles. The van der Waals surface area contributed by atoms with Gasteiger partial charge in [0.25, 0.3) is 5.91 Å². The van der Waals surface area contributed by atoms with E-state index in [1.165, 1.54) is 11.1 Å². The first-order chi connectivity index (χ1) is 11.0. The van der Waals surface area contributed by atoms with Crippen molar-refractivity contribution in [3.05, 3.63) is 59.3 Å². The number of hydrogen-bond donors (Lipinski definition) is 2. The molecule has 0 saturated heterocycles. The normalized spacial score (nSPS) is 10.6. The largest absolute Gasteiger partial charge is 0.366 e. The maximum absolute atomic E-state index is 12.0. The van der Waals surface area contributed by atoms with Crippen LogP contribution in [0, 0.1) is 6.92 Å². The summed E-state index contributed by atoms with van der Waals surface area (Å²) in [5.74, 6) is 0.667. The molecule has 23 heavy (non-hydrogen) atoms. The molecule has 0 spiro atoms. The number of hydrogen-bond acceptors (Lipinski definition) is 4. The number of amides is 1. The number of aromatic nitrogens is 1. The summed E-state index contributed by atoms with van der Waals surface area (Å²) in [5.41, 5.74) is 3.02. The molecule has 0 atom stereocenters. The van der Waals surface area contributed by atoms with Gasteiger partial charge in [0.15, 0.2) is 0 Å². The van der Waals surface area contributed by atoms with E-state index in [9.17, 15) is 4.79 Å². The highest BCUT2D eigenvalue weighted by Gasteiger charge is 2.05. The van der Waals surface area contributed by atoms with Gasteiger partial charge in [0.05, 0.1) is 5.56 Å². The van der Waals surface area contributed by atoms with Gasteiger partial charge >= 0.3 is 0 Å². The first-order valence-electron chi connectivity index (χ1n) is 7.73. The predicted octanol–water partition coefficient (Wildman–Crippen LogP) is 2.29. The van der Waals surface area contributed by atoms with Gasteiger partial charge in [-0.25, -0.2) is 4.98 Å². The Balaban J connectivity index is 1.84. The summed E-state index contributed by atoms with van der Waals surface area (Å²) in [6, 6.07) is 12.0. The number of pyridine rings is 1. The Kier molecular flexibility index (Phi) is 6.11. The van der Waals surface area contributed by atoms with Gasteiger partial charge in [-0.2, -0.15) is 0 Å². The number of benzene rings is 1. The second-order valence-electron chi connectivity index (χ2n) is 5.83. The highest BCUT2D eigenvalue weighted by Crippen LogP contribution is 2.08. The van der Waals surface area contributed by atoms with Crippen LogP contribution in [0.4, 0.5) is 5.82 Å². The molecule has 0 radical (unpaired) electrons. The van der Waals surface area contributed by atoms with Crippen LogP contribution in [-0.2, 0) is 6.54 Å². The van der Waals surface area contributed by atoms with Crippen molar-refractivity contribution in [2.75, 3.05) is 32.5 Å². The molecule has 5 heteroatoms. The number of nitrogens with one attached hydrogen (secondary N) is 2. The Morgan fingerprint density at radius 1 is 1.13 bits per heavy atom. The van der Waals surface area contributed by atoms with E-state index in [4.69, 9.17) is 0 Å². The van der Waals surface area contributed by atoms with Gasteiger partial charge in [-0.3, -0.25) is 4.79 Å². The molecule has 5 nitrogen and oxygen atoms in total. The Labute approximate surface area is 137 Å². The van der Waals surface area contributed by atoms with Crippen LogP contribution in [0.25, 0.3) is 0 Å². The first-order valence-corrected chi connectivity index (χ1v) is 7.73. The van der Waals surface area contributed by atoms with Crippen molar-refractivity contribution >= 4 is 11.7 Å². The third-order valence-electron chi connectivity index (χ3n) is 3.46. The fourth-order valence-corrected chi connectivity index (χ4v) is 2.03. The summed E-state index contributed by atoms with van der Waals surface area (Å²) in [6.45, 7) is 4.22. The van der Waals surface area contributed by atoms with E-state index in [0.29, 0.717) is 18.7 Å². The lowest BCUT2D eigenvalue weighted by Crippen LogP contribution is -2.31. The van der Waals surface area contributed by atoms with Gasteiger partial charge in [0.2, 0.25) is 0 Å². The van der Waals surface area contributed by atoms with Crippen molar-refractivity contribution in [2.24, 2.45) is 0 Å². The third kappa shape index (κ3) is 5.71. The number of carbonyl (C=O) groups is 1. The Morgan fingerprint density at radius 2 is 1.87 bits per heavy atom. The zero-order valence-electron chi connectivity index (χ0n) is 14.0. The Bertz CT molecular complexity index is 620. The fraction of sp³-hybridized carbons (Fsp3) is 0.333. The van der Waals surface area contributed by atoms with Gasteiger partial charge in [-0.05, 0) is 38.7 Å². The average Bonchev–Trinajstić information content (AvgIpc) is 2.54. The fourth-order valence-electron chi connectivity index (χ4n) is 2.03. The molecule has 0 unspecified atom stereocenters. The molecule has 2 aromatic rings. The molecule has 0 bridgehead atoms. The lowest BCUT2D eigenvalue weighted by molar-refractivity contribution is 0.0950. The van der Waals surface area contributed by atoms with Crippen LogP contribution in [0.1, 0.15) is 21.5 Å². The van der Waals surface area contributed by atoms with Gasteiger partial charge in [0.1, 0.15) is 5.82 Å².